The Morgan fingerprint density at radius 2 is 1.81 bits per heavy atom. The molecule has 122 valence electrons. The van der Waals surface area contributed by atoms with E-state index in [0.717, 1.165) is 31.0 Å². The molecule has 0 unspecified atom stereocenters. The predicted octanol–water partition coefficient (Wildman–Crippen LogP) is 0.754. The van der Waals surface area contributed by atoms with Crippen molar-refractivity contribution in [1.82, 2.24) is 13.6 Å². The zero-order valence-corrected chi connectivity index (χ0v) is 15.0. The molecule has 2 N–H and O–H groups in total. The molecule has 7 nitrogen and oxygen atoms in total. The molecule has 0 fully saturated rings. The third kappa shape index (κ3) is 4.29. The zero-order chi connectivity index (χ0) is 16.2. The van der Waals surface area contributed by atoms with Gasteiger partial charge in [0.15, 0.2) is 10.7 Å². The highest BCUT2D eigenvalue weighted by atomic mass is 32.2. The van der Waals surface area contributed by atoms with E-state index in [4.69, 9.17) is 5.73 Å². The Hall–Kier alpha value is -0.900. The van der Waals surface area contributed by atoms with E-state index in [2.05, 4.69) is 9.27 Å². The Morgan fingerprint density at radius 3 is 2.29 bits per heavy atom. The second kappa shape index (κ2) is 7.39. The summed E-state index contributed by atoms with van der Waals surface area (Å²) in [7, 11) is 3.44. The molecule has 9 heteroatoms. The Balaban J connectivity index is 3.07. The average Bonchev–Trinajstić information content (AvgIpc) is 2.76. The lowest BCUT2D eigenvalue weighted by atomic mass is 10.3. The fourth-order valence-corrected chi connectivity index (χ4v) is 4.20. The van der Waals surface area contributed by atoms with Crippen LogP contribution in [-0.2, 0) is 10.0 Å². The molecule has 1 aromatic heterocycles. The van der Waals surface area contributed by atoms with Crippen molar-refractivity contribution in [1.29, 1.82) is 0 Å². The predicted molar refractivity (Wildman–Crippen MR) is 88.5 cm³/mol. The lowest BCUT2D eigenvalue weighted by Crippen LogP contribution is -2.29. The van der Waals surface area contributed by atoms with Crippen LogP contribution in [0.3, 0.4) is 0 Å². The number of aromatic nitrogens is 1. The Bertz CT molecular complexity index is 554. The SMILES string of the molecule is CCN(CCCN(C)C)c1snc(N)c1S(=O)(=O)N(C)C. The number of nitrogen functional groups attached to an aromatic ring is 1. The molecule has 0 amide bonds. The van der Waals surface area contributed by atoms with Gasteiger partial charge in [-0.3, -0.25) is 0 Å². The minimum atomic E-state index is -3.59. The van der Waals surface area contributed by atoms with Gasteiger partial charge < -0.3 is 15.5 Å². The summed E-state index contributed by atoms with van der Waals surface area (Å²) >= 11 is 1.14. The van der Waals surface area contributed by atoms with E-state index in [1.54, 1.807) is 0 Å². The van der Waals surface area contributed by atoms with E-state index in [-0.39, 0.29) is 10.7 Å². The van der Waals surface area contributed by atoms with E-state index in [1.807, 2.05) is 25.9 Å². The summed E-state index contributed by atoms with van der Waals surface area (Å²) in [5, 5.41) is 0.627. The topological polar surface area (TPSA) is 82.8 Å². The highest BCUT2D eigenvalue weighted by Gasteiger charge is 2.29. The normalized spacial score (nSPS) is 12.3. The number of hydrogen-bond acceptors (Lipinski definition) is 7. The average molecular weight is 335 g/mol. The summed E-state index contributed by atoms with van der Waals surface area (Å²) in [5.41, 5.74) is 5.79. The maximum atomic E-state index is 12.4. The van der Waals surface area contributed by atoms with Crippen LogP contribution in [0.25, 0.3) is 0 Å². The van der Waals surface area contributed by atoms with Gasteiger partial charge in [0, 0.05) is 27.2 Å². The quantitative estimate of drug-likeness (QED) is 0.755. The minimum absolute atomic E-state index is 0.0785. The first-order valence-corrected chi connectivity index (χ1v) is 9.00. The van der Waals surface area contributed by atoms with Gasteiger partial charge in [0.1, 0.15) is 5.00 Å². The van der Waals surface area contributed by atoms with Gasteiger partial charge in [-0.05, 0) is 45.5 Å². The van der Waals surface area contributed by atoms with Gasteiger partial charge in [-0.15, -0.1) is 0 Å². The fourth-order valence-electron chi connectivity index (χ4n) is 1.89. The van der Waals surface area contributed by atoms with Crippen LogP contribution in [0.15, 0.2) is 4.90 Å². The second-order valence-corrected chi connectivity index (χ2v) is 8.07. The summed E-state index contributed by atoms with van der Waals surface area (Å²) in [4.78, 5) is 4.25. The molecule has 0 radical (unpaired) electrons. The highest BCUT2D eigenvalue weighted by molar-refractivity contribution is 7.89. The minimum Gasteiger partial charge on any atom is -0.382 e. The molecular formula is C12H25N5O2S2. The second-order valence-electron chi connectivity index (χ2n) is 5.23. The Kier molecular flexibility index (Phi) is 6.39. The van der Waals surface area contributed by atoms with Gasteiger partial charge >= 0.3 is 0 Å². The van der Waals surface area contributed by atoms with Gasteiger partial charge in [-0.2, -0.15) is 4.37 Å². The largest absolute Gasteiger partial charge is 0.382 e. The van der Waals surface area contributed by atoms with E-state index in [1.165, 1.54) is 18.4 Å². The van der Waals surface area contributed by atoms with Crippen LogP contribution in [0, 0.1) is 0 Å². The van der Waals surface area contributed by atoms with Crippen molar-refractivity contribution >= 4 is 32.4 Å². The number of anilines is 2. The molecule has 0 aromatic carbocycles. The van der Waals surface area contributed by atoms with Crippen LogP contribution in [0.5, 0.6) is 0 Å². The first kappa shape index (κ1) is 18.1. The van der Waals surface area contributed by atoms with Crippen molar-refractivity contribution in [3.63, 3.8) is 0 Å². The zero-order valence-electron chi connectivity index (χ0n) is 13.3. The van der Waals surface area contributed by atoms with Crippen molar-refractivity contribution in [2.45, 2.75) is 18.2 Å². The van der Waals surface area contributed by atoms with Crippen LogP contribution in [0.1, 0.15) is 13.3 Å². The van der Waals surface area contributed by atoms with Crippen molar-refractivity contribution < 1.29 is 8.42 Å². The number of sulfonamides is 1. The van der Waals surface area contributed by atoms with Crippen LogP contribution >= 0.6 is 11.5 Å². The fraction of sp³-hybridized carbons (Fsp3) is 0.750. The number of rotatable bonds is 8. The molecule has 0 spiro atoms. The number of hydrogen-bond donors (Lipinski definition) is 1. The van der Waals surface area contributed by atoms with E-state index in [0.29, 0.717) is 11.5 Å². The monoisotopic (exact) mass is 335 g/mol. The summed E-state index contributed by atoms with van der Waals surface area (Å²) < 4.78 is 30.0. The first-order valence-electron chi connectivity index (χ1n) is 6.79. The molecular weight excluding hydrogens is 310 g/mol. The van der Waals surface area contributed by atoms with Gasteiger partial charge in [0.25, 0.3) is 0 Å². The van der Waals surface area contributed by atoms with E-state index in [9.17, 15) is 8.42 Å². The van der Waals surface area contributed by atoms with Gasteiger partial charge in [0.2, 0.25) is 10.0 Å². The summed E-state index contributed by atoms with van der Waals surface area (Å²) in [6.07, 6.45) is 0.945. The molecule has 0 saturated carbocycles. The third-order valence-electron chi connectivity index (χ3n) is 3.10. The molecule has 0 aliphatic heterocycles. The maximum Gasteiger partial charge on any atom is 0.249 e. The Labute approximate surface area is 131 Å². The van der Waals surface area contributed by atoms with Gasteiger partial charge in [-0.25, -0.2) is 12.7 Å². The van der Waals surface area contributed by atoms with Crippen molar-refractivity contribution in [2.75, 3.05) is 58.5 Å². The maximum absolute atomic E-state index is 12.4. The van der Waals surface area contributed by atoms with Crippen LogP contribution < -0.4 is 10.6 Å². The lowest BCUT2D eigenvalue weighted by molar-refractivity contribution is 0.400. The Morgan fingerprint density at radius 1 is 1.19 bits per heavy atom. The smallest absolute Gasteiger partial charge is 0.249 e. The highest BCUT2D eigenvalue weighted by Crippen LogP contribution is 2.35. The third-order valence-corrected chi connectivity index (χ3v) is 6.03. The van der Waals surface area contributed by atoms with Crippen LogP contribution in [0.4, 0.5) is 10.8 Å². The molecule has 0 atom stereocenters. The van der Waals surface area contributed by atoms with E-state index >= 15 is 0 Å². The number of nitrogens with zero attached hydrogens (tertiary/aromatic N) is 4. The number of nitrogens with two attached hydrogens (primary N) is 1. The van der Waals surface area contributed by atoms with Gasteiger partial charge in [0.05, 0.1) is 0 Å². The summed E-state index contributed by atoms with van der Waals surface area (Å²) in [6, 6.07) is 0. The first-order chi connectivity index (χ1) is 9.71. The van der Waals surface area contributed by atoms with Crippen LogP contribution in [0.2, 0.25) is 0 Å². The van der Waals surface area contributed by atoms with Crippen molar-refractivity contribution in [2.24, 2.45) is 0 Å². The molecule has 1 aromatic rings. The summed E-state index contributed by atoms with van der Waals surface area (Å²) in [5.74, 6) is 0.0785. The van der Waals surface area contributed by atoms with Crippen molar-refractivity contribution in [3.05, 3.63) is 0 Å². The van der Waals surface area contributed by atoms with Crippen LogP contribution in [-0.4, -0.2) is 69.8 Å². The molecule has 21 heavy (non-hydrogen) atoms. The molecule has 1 heterocycles. The molecule has 0 bridgehead atoms. The standard InChI is InChI=1S/C12H25N5O2S2/c1-6-17(9-7-8-15(2)3)12-10(11(13)14-20-12)21(18,19)16(4)5/h6-9H2,1-5H3,(H2,13,14). The van der Waals surface area contributed by atoms with Gasteiger partial charge in [-0.1, -0.05) is 0 Å². The van der Waals surface area contributed by atoms with Crippen molar-refractivity contribution in [3.8, 4) is 0 Å². The van der Waals surface area contributed by atoms with E-state index < -0.39 is 10.0 Å². The molecule has 0 aliphatic carbocycles. The molecule has 1 rings (SSSR count). The summed E-state index contributed by atoms with van der Waals surface area (Å²) in [6.45, 7) is 4.43. The molecule has 0 saturated heterocycles. The lowest BCUT2D eigenvalue weighted by Gasteiger charge is -2.24. The molecule has 0 aliphatic rings.